The zero-order valence-electron chi connectivity index (χ0n) is 28.3. The number of carbonyl (C=O) groups excluding carboxylic acids is 1. The number of benzene rings is 1. The van der Waals surface area contributed by atoms with E-state index in [0.29, 0.717) is 83.8 Å². The molecule has 2 aliphatic heterocycles. The molecule has 1 amide bonds. The Bertz CT molecular complexity index is 1730. The third-order valence-electron chi connectivity index (χ3n) is 9.05. The molecule has 0 spiro atoms. The van der Waals surface area contributed by atoms with E-state index in [0.717, 1.165) is 5.56 Å². The molecule has 4 heterocycles. The number of aliphatic hydroxyl groups is 1. The van der Waals surface area contributed by atoms with E-state index in [-0.39, 0.29) is 23.6 Å². The molecule has 11 heteroatoms. The van der Waals surface area contributed by atoms with Crippen molar-refractivity contribution in [2.45, 2.75) is 64.7 Å². The predicted molar refractivity (Wildman–Crippen MR) is 189 cm³/mol. The highest BCUT2D eigenvalue weighted by Gasteiger charge is 2.35. The lowest BCUT2D eigenvalue weighted by Gasteiger charge is -2.42. The Balaban J connectivity index is 1.81. The van der Waals surface area contributed by atoms with Crippen LogP contribution in [-0.2, 0) is 16.0 Å². The Morgan fingerprint density at radius 1 is 1.25 bits per heavy atom. The quantitative estimate of drug-likeness (QED) is 0.174. The SMILES string of the molecule is C=CC(=O)N1CCN(C(=NC)c2cc(F)c3nc2N(C=C)c2c(ccnc2C(C)C)C(O)C(OCC)CCc2ccc(Cl)cc2-3)C(C)C1. The average molecular weight is 675 g/mol. The van der Waals surface area contributed by atoms with E-state index in [4.69, 9.17) is 31.3 Å². The van der Waals surface area contributed by atoms with Gasteiger partial charge in [0.1, 0.15) is 29.3 Å². The average Bonchev–Trinajstić information content (AvgIpc) is 3.07. The third kappa shape index (κ3) is 6.74. The number of rotatable bonds is 6. The van der Waals surface area contributed by atoms with Crippen LogP contribution < -0.4 is 4.90 Å². The summed E-state index contributed by atoms with van der Waals surface area (Å²) in [5.41, 5.74) is 3.85. The number of aryl methyl sites for hydroxylation is 1. The molecule has 1 saturated heterocycles. The van der Waals surface area contributed by atoms with Gasteiger partial charge in [0.05, 0.1) is 23.0 Å². The summed E-state index contributed by atoms with van der Waals surface area (Å²) >= 11 is 6.50. The van der Waals surface area contributed by atoms with Gasteiger partial charge in [0.15, 0.2) is 0 Å². The number of ether oxygens (including phenoxy) is 1. The van der Waals surface area contributed by atoms with Gasteiger partial charge in [-0.1, -0.05) is 44.7 Å². The van der Waals surface area contributed by atoms with E-state index in [2.05, 4.69) is 18.1 Å². The first-order valence-corrected chi connectivity index (χ1v) is 16.8. The molecule has 0 radical (unpaired) electrons. The van der Waals surface area contributed by atoms with Crippen LogP contribution in [0.2, 0.25) is 5.02 Å². The van der Waals surface area contributed by atoms with Crippen molar-refractivity contribution in [3.8, 4) is 11.3 Å². The highest BCUT2D eigenvalue weighted by molar-refractivity contribution is 6.30. The number of piperazine rings is 1. The van der Waals surface area contributed by atoms with Crippen molar-refractivity contribution in [1.82, 2.24) is 19.8 Å². The maximum Gasteiger partial charge on any atom is 0.246 e. The fraction of sp³-hybridized carbons (Fsp3) is 0.405. The van der Waals surface area contributed by atoms with Gasteiger partial charge in [0.2, 0.25) is 5.91 Å². The summed E-state index contributed by atoms with van der Waals surface area (Å²) in [5, 5.41) is 12.5. The standard InChI is InChI=1S/C37H44ClFN6O3/c1-8-31(46)43-17-18-45(23(6)21-43)36(40-7)28-20-29(39)33-27-19-25(38)13-11-24(27)12-14-30(48-10-3)35(47)26-15-16-41-32(22(4)5)34(26)44(9-2)37(28)42-33/h8-9,11,13,15-16,19-20,22-23,30,35,47H,1-2,10,12,14,17-18,21H2,3-7H3. The Labute approximate surface area is 287 Å². The molecule has 1 fully saturated rings. The van der Waals surface area contributed by atoms with Crippen LogP contribution in [0.25, 0.3) is 11.3 Å². The van der Waals surface area contributed by atoms with Crippen LogP contribution in [0.15, 0.2) is 67.0 Å². The number of halogens is 2. The fourth-order valence-electron chi connectivity index (χ4n) is 6.75. The summed E-state index contributed by atoms with van der Waals surface area (Å²) in [6.07, 6.45) is 4.00. The molecule has 2 bridgehead atoms. The molecule has 3 atom stereocenters. The number of nitrogens with zero attached hydrogens (tertiary/aromatic N) is 6. The van der Waals surface area contributed by atoms with Gasteiger partial charge in [-0.3, -0.25) is 19.7 Å². The van der Waals surface area contributed by atoms with E-state index in [1.165, 1.54) is 12.1 Å². The number of anilines is 2. The third-order valence-corrected chi connectivity index (χ3v) is 9.29. The zero-order chi connectivity index (χ0) is 34.7. The Kier molecular flexibility index (Phi) is 11.0. The first kappa shape index (κ1) is 35.2. The summed E-state index contributed by atoms with van der Waals surface area (Å²) in [6.45, 7) is 17.5. The molecule has 2 aliphatic rings. The van der Waals surface area contributed by atoms with E-state index >= 15 is 4.39 Å². The maximum absolute atomic E-state index is 16.6. The molecule has 3 unspecified atom stereocenters. The molecule has 48 heavy (non-hydrogen) atoms. The Morgan fingerprint density at radius 3 is 2.67 bits per heavy atom. The first-order chi connectivity index (χ1) is 23.0. The number of hydrogen-bond acceptors (Lipinski definition) is 7. The van der Waals surface area contributed by atoms with Crippen LogP contribution in [-0.4, -0.2) is 82.1 Å². The van der Waals surface area contributed by atoms with Gasteiger partial charge >= 0.3 is 0 Å². The largest absolute Gasteiger partial charge is 0.386 e. The summed E-state index contributed by atoms with van der Waals surface area (Å²) in [5.74, 6) is 0.146. The predicted octanol–water partition coefficient (Wildman–Crippen LogP) is 6.82. The highest BCUT2D eigenvalue weighted by Crippen LogP contribution is 2.43. The topological polar surface area (TPSA) is 94.4 Å². The van der Waals surface area contributed by atoms with Gasteiger partial charge in [0.25, 0.3) is 0 Å². The Morgan fingerprint density at radius 2 is 2.02 bits per heavy atom. The lowest BCUT2D eigenvalue weighted by Crippen LogP contribution is -2.55. The molecule has 254 valence electrons. The Hall–Kier alpha value is -4.12. The summed E-state index contributed by atoms with van der Waals surface area (Å²) in [4.78, 5) is 32.5. The summed E-state index contributed by atoms with van der Waals surface area (Å²) in [6, 6.07) is 8.49. The van der Waals surface area contributed by atoms with Crippen LogP contribution in [0.5, 0.6) is 0 Å². The number of amidine groups is 1. The van der Waals surface area contributed by atoms with Gasteiger partial charge in [-0.05, 0) is 68.5 Å². The number of aliphatic hydroxyl groups excluding tert-OH is 1. The molecule has 0 saturated carbocycles. The molecule has 2 aromatic heterocycles. The van der Waals surface area contributed by atoms with E-state index in [1.807, 2.05) is 33.8 Å². The minimum Gasteiger partial charge on any atom is -0.386 e. The molecular formula is C37H44ClFN6O3. The second-order valence-electron chi connectivity index (χ2n) is 12.4. The second kappa shape index (κ2) is 15.0. The number of carbonyl (C=O) groups is 1. The normalized spacial score (nSPS) is 20.1. The van der Waals surface area contributed by atoms with Crippen molar-refractivity contribution >= 4 is 34.8 Å². The number of aromatic nitrogens is 2. The molecule has 0 aliphatic carbocycles. The lowest BCUT2D eigenvalue weighted by atomic mass is 9.92. The van der Waals surface area contributed by atoms with Crippen LogP contribution in [0.1, 0.15) is 68.5 Å². The van der Waals surface area contributed by atoms with Crippen molar-refractivity contribution in [2.75, 3.05) is 38.2 Å². The minimum atomic E-state index is -1.02. The summed E-state index contributed by atoms with van der Waals surface area (Å²) in [7, 11) is 1.66. The lowest BCUT2D eigenvalue weighted by molar-refractivity contribution is -0.128. The monoisotopic (exact) mass is 674 g/mol. The van der Waals surface area contributed by atoms with Gasteiger partial charge in [-0.25, -0.2) is 9.37 Å². The zero-order valence-corrected chi connectivity index (χ0v) is 29.0. The number of aliphatic imine (C=N–C) groups is 1. The first-order valence-electron chi connectivity index (χ1n) is 16.4. The number of hydrogen-bond donors (Lipinski definition) is 1. The van der Waals surface area contributed by atoms with E-state index < -0.39 is 18.0 Å². The van der Waals surface area contributed by atoms with Crippen LogP contribution in [0.4, 0.5) is 15.9 Å². The van der Waals surface area contributed by atoms with Crippen molar-refractivity contribution in [3.05, 3.63) is 95.2 Å². The number of fused-ring (bicyclic) bond motifs is 5. The van der Waals surface area contributed by atoms with Crippen molar-refractivity contribution < 1.29 is 19.0 Å². The van der Waals surface area contributed by atoms with Crippen LogP contribution >= 0.6 is 11.6 Å². The van der Waals surface area contributed by atoms with Gasteiger partial charge in [-0.15, -0.1) is 0 Å². The number of amides is 1. The summed E-state index contributed by atoms with van der Waals surface area (Å²) < 4.78 is 22.8. The molecular weight excluding hydrogens is 631 g/mol. The molecule has 1 N–H and O–H groups in total. The molecule has 5 rings (SSSR count). The van der Waals surface area contributed by atoms with E-state index in [9.17, 15) is 9.90 Å². The number of pyridine rings is 2. The smallest absolute Gasteiger partial charge is 0.246 e. The fourth-order valence-corrected chi connectivity index (χ4v) is 6.92. The van der Waals surface area contributed by atoms with Crippen molar-refractivity contribution in [1.29, 1.82) is 0 Å². The van der Waals surface area contributed by atoms with Gasteiger partial charge < -0.3 is 19.6 Å². The van der Waals surface area contributed by atoms with E-state index in [1.54, 1.807) is 47.4 Å². The molecule has 3 aromatic rings. The van der Waals surface area contributed by atoms with Crippen LogP contribution in [0.3, 0.4) is 0 Å². The maximum atomic E-state index is 16.6. The second-order valence-corrected chi connectivity index (χ2v) is 12.8. The molecule has 9 nitrogen and oxygen atoms in total. The van der Waals surface area contributed by atoms with Crippen molar-refractivity contribution in [2.24, 2.45) is 4.99 Å². The molecule has 1 aromatic carbocycles. The minimum absolute atomic E-state index is 0.0502. The van der Waals surface area contributed by atoms with Crippen molar-refractivity contribution in [3.63, 3.8) is 0 Å². The van der Waals surface area contributed by atoms with Gasteiger partial charge in [-0.2, -0.15) is 0 Å². The highest BCUT2D eigenvalue weighted by atomic mass is 35.5. The van der Waals surface area contributed by atoms with Gasteiger partial charge in [0, 0.05) is 67.9 Å². The van der Waals surface area contributed by atoms with Crippen LogP contribution in [0, 0.1) is 5.82 Å².